The fourth-order valence-corrected chi connectivity index (χ4v) is 3.19. The SMILES string of the molecule is O=C(O)CCc1ccc2cc(S(=O)(=O)CC(=O)O)ccc2c1. The summed E-state index contributed by atoms with van der Waals surface area (Å²) in [4.78, 5) is 21.1. The van der Waals surface area contributed by atoms with Crippen molar-refractivity contribution in [3.8, 4) is 0 Å². The topological polar surface area (TPSA) is 109 Å². The Kier molecular flexibility index (Phi) is 4.46. The maximum Gasteiger partial charge on any atom is 0.319 e. The first kappa shape index (κ1) is 16.0. The van der Waals surface area contributed by atoms with E-state index in [4.69, 9.17) is 10.2 Å². The molecule has 0 saturated heterocycles. The van der Waals surface area contributed by atoms with Gasteiger partial charge in [0.15, 0.2) is 15.6 Å². The predicted molar refractivity (Wildman–Crippen MR) is 79.6 cm³/mol. The van der Waals surface area contributed by atoms with Crippen molar-refractivity contribution in [1.29, 1.82) is 0 Å². The van der Waals surface area contributed by atoms with Gasteiger partial charge in [-0.25, -0.2) is 8.42 Å². The van der Waals surface area contributed by atoms with Gasteiger partial charge in [-0.3, -0.25) is 9.59 Å². The van der Waals surface area contributed by atoms with Crippen LogP contribution in [0.5, 0.6) is 0 Å². The number of carbonyl (C=O) groups is 2. The third kappa shape index (κ3) is 3.82. The number of hydrogen-bond acceptors (Lipinski definition) is 4. The molecule has 0 bridgehead atoms. The number of carboxylic acids is 2. The third-order valence-electron chi connectivity index (χ3n) is 3.18. The zero-order valence-electron chi connectivity index (χ0n) is 11.5. The van der Waals surface area contributed by atoms with E-state index in [0.717, 1.165) is 10.9 Å². The molecule has 0 aliphatic carbocycles. The van der Waals surface area contributed by atoms with Gasteiger partial charge in [-0.1, -0.05) is 24.3 Å². The summed E-state index contributed by atoms with van der Waals surface area (Å²) in [6.45, 7) is 0. The van der Waals surface area contributed by atoms with E-state index in [1.807, 2.05) is 0 Å². The van der Waals surface area contributed by atoms with E-state index in [-0.39, 0.29) is 11.3 Å². The highest BCUT2D eigenvalue weighted by Gasteiger charge is 2.19. The van der Waals surface area contributed by atoms with Crippen LogP contribution >= 0.6 is 0 Å². The van der Waals surface area contributed by atoms with Crippen molar-refractivity contribution in [3.63, 3.8) is 0 Å². The summed E-state index contributed by atoms with van der Waals surface area (Å²) in [6.07, 6.45) is 0.418. The first-order valence-corrected chi connectivity index (χ1v) is 8.12. The molecule has 0 saturated carbocycles. The molecule has 0 fully saturated rings. The van der Waals surface area contributed by atoms with Gasteiger partial charge >= 0.3 is 11.9 Å². The number of fused-ring (bicyclic) bond motifs is 1. The molecule has 0 amide bonds. The molecular weight excluding hydrogens is 308 g/mol. The second-order valence-electron chi connectivity index (χ2n) is 4.89. The Labute approximate surface area is 126 Å². The Hall–Kier alpha value is -2.41. The van der Waals surface area contributed by atoms with E-state index >= 15 is 0 Å². The highest BCUT2D eigenvalue weighted by atomic mass is 32.2. The lowest BCUT2D eigenvalue weighted by molar-refractivity contribution is -0.137. The molecule has 0 radical (unpaired) electrons. The lowest BCUT2D eigenvalue weighted by Crippen LogP contribution is -2.15. The van der Waals surface area contributed by atoms with E-state index < -0.39 is 27.5 Å². The van der Waals surface area contributed by atoms with Gasteiger partial charge in [-0.05, 0) is 34.9 Å². The minimum absolute atomic E-state index is 0.0244. The number of aliphatic carboxylic acids is 2. The molecule has 0 unspecified atom stereocenters. The fraction of sp³-hybridized carbons (Fsp3) is 0.200. The molecule has 0 aliphatic rings. The molecule has 7 heteroatoms. The zero-order chi connectivity index (χ0) is 16.3. The Morgan fingerprint density at radius 2 is 1.55 bits per heavy atom. The summed E-state index contributed by atoms with van der Waals surface area (Å²) in [5, 5.41) is 18.7. The monoisotopic (exact) mass is 322 g/mol. The van der Waals surface area contributed by atoms with Gasteiger partial charge in [-0.15, -0.1) is 0 Å². The van der Waals surface area contributed by atoms with Gasteiger partial charge in [0.25, 0.3) is 0 Å². The van der Waals surface area contributed by atoms with Crippen LogP contribution in [0, 0.1) is 0 Å². The third-order valence-corrected chi connectivity index (χ3v) is 4.78. The number of rotatable bonds is 6. The fourth-order valence-electron chi connectivity index (χ4n) is 2.12. The van der Waals surface area contributed by atoms with Crippen LogP contribution in [0.2, 0.25) is 0 Å². The molecular formula is C15H14O6S. The molecule has 0 aliphatic heterocycles. The molecule has 22 heavy (non-hydrogen) atoms. The van der Waals surface area contributed by atoms with Crippen LogP contribution in [-0.2, 0) is 25.8 Å². The average Bonchev–Trinajstić information content (AvgIpc) is 2.43. The summed E-state index contributed by atoms with van der Waals surface area (Å²) in [7, 11) is -3.86. The average molecular weight is 322 g/mol. The van der Waals surface area contributed by atoms with Crippen LogP contribution in [0.15, 0.2) is 41.3 Å². The van der Waals surface area contributed by atoms with Gasteiger partial charge < -0.3 is 10.2 Å². The standard InChI is InChI=1S/C15H14O6S/c16-14(17)6-2-10-1-3-12-8-13(5-4-11(12)7-10)22(20,21)9-15(18)19/h1,3-5,7-8H,2,6,9H2,(H,16,17)(H,18,19). The molecule has 2 rings (SSSR count). The maximum atomic E-state index is 11.9. The maximum absolute atomic E-state index is 11.9. The summed E-state index contributed by atoms with van der Waals surface area (Å²) in [5.74, 6) is -3.23. The highest BCUT2D eigenvalue weighted by Crippen LogP contribution is 2.22. The largest absolute Gasteiger partial charge is 0.481 e. The van der Waals surface area contributed by atoms with Crippen molar-refractivity contribution < 1.29 is 28.2 Å². The van der Waals surface area contributed by atoms with Crippen LogP contribution in [0.3, 0.4) is 0 Å². The first-order valence-electron chi connectivity index (χ1n) is 6.47. The van der Waals surface area contributed by atoms with Gasteiger partial charge in [0, 0.05) is 6.42 Å². The molecule has 0 aromatic heterocycles. The second kappa shape index (κ2) is 6.15. The summed E-state index contributed by atoms with van der Waals surface area (Å²) in [6, 6.07) is 9.61. The van der Waals surface area contributed by atoms with Crippen LogP contribution in [0.25, 0.3) is 10.8 Å². The Balaban J connectivity index is 2.34. The molecule has 116 valence electrons. The number of hydrogen-bond donors (Lipinski definition) is 2. The molecule has 2 aromatic rings. The Morgan fingerprint density at radius 1 is 0.909 bits per heavy atom. The number of aryl methyl sites for hydroxylation is 1. The molecule has 0 heterocycles. The number of sulfone groups is 1. The smallest absolute Gasteiger partial charge is 0.319 e. The molecule has 2 N–H and O–H groups in total. The predicted octanol–water partition coefficient (Wildman–Crippen LogP) is 1.72. The van der Waals surface area contributed by atoms with Gasteiger partial charge in [-0.2, -0.15) is 0 Å². The molecule has 0 spiro atoms. The van der Waals surface area contributed by atoms with Gasteiger partial charge in [0.1, 0.15) is 0 Å². The van der Waals surface area contributed by atoms with E-state index in [9.17, 15) is 18.0 Å². The van der Waals surface area contributed by atoms with Crippen LogP contribution in [0.4, 0.5) is 0 Å². The van der Waals surface area contributed by atoms with Crippen molar-refractivity contribution in [3.05, 3.63) is 42.0 Å². The number of carboxylic acid groups (broad SMARTS) is 2. The minimum Gasteiger partial charge on any atom is -0.481 e. The minimum atomic E-state index is -3.86. The zero-order valence-corrected chi connectivity index (χ0v) is 12.3. The molecule has 6 nitrogen and oxygen atoms in total. The van der Waals surface area contributed by atoms with Crippen molar-refractivity contribution in [2.75, 3.05) is 5.75 Å². The quantitative estimate of drug-likeness (QED) is 0.838. The normalized spacial score (nSPS) is 11.5. The molecule has 2 aromatic carbocycles. The van der Waals surface area contributed by atoms with E-state index in [1.165, 1.54) is 12.1 Å². The Morgan fingerprint density at radius 3 is 2.18 bits per heavy atom. The molecule has 0 atom stereocenters. The van der Waals surface area contributed by atoms with Crippen molar-refractivity contribution in [2.24, 2.45) is 0 Å². The highest BCUT2D eigenvalue weighted by molar-refractivity contribution is 7.92. The number of benzene rings is 2. The van der Waals surface area contributed by atoms with Crippen molar-refractivity contribution in [1.82, 2.24) is 0 Å². The lowest BCUT2D eigenvalue weighted by atomic mass is 10.0. The first-order chi connectivity index (χ1) is 10.3. The van der Waals surface area contributed by atoms with Gasteiger partial charge in [0.05, 0.1) is 4.90 Å². The second-order valence-corrected chi connectivity index (χ2v) is 6.88. The van der Waals surface area contributed by atoms with Gasteiger partial charge in [0.2, 0.25) is 0 Å². The lowest BCUT2D eigenvalue weighted by Gasteiger charge is -2.06. The Bertz CT molecular complexity index is 838. The summed E-state index contributed by atoms with van der Waals surface area (Å²) < 4.78 is 23.8. The van der Waals surface area contributed by atoms with Crippen LogP contribution in [-0.4, -0.2) is 36.3 Å². The van der Waals surface area contributed by atoms with Crippen LogP contribution in [0.1, 0.15) is 12.0 Å². The van der Waals surface area contributed by atoms with E-state index in [1.54, 1.807) is 24.3 Å². The summed E-state index contributed by atoms with van der Waals surface area (Å²) in [5.41, 5.74) is 0.844. The summed E-state index contributed by atoms with van der Waals surface area (Å²) >= 11 is 0. The van der Waals surface area contributed by atoms with E-state index in [2.05, 4.69) is 0 Å². The van der Waals surface area contributed by atoms with E-state index in [0.29, 0.717) is 11.8 Å². The van der Waals surface area contributed by atoms with Crippen molar-refractivity contribution in [2.45, 2.75) is 17.7 Å². The van der Waals surface area contributed by atoms with Crippen LogP contribution < -0.4 is 0 Å². The van der Waals surface area contributed by atoms with Crippen molar-refractivity contribution >= 4 is 32.5 Å².